The third-order valence-electron chi connectivity index (χ3n) is 6.02. The van der Waals surface area contributed by atoms with Crippen LogP contribution in [-0.2, 0) is 25.8 Å². The molecule has 1 aliphatic rings. The number of hydrogen-bond acceptors (Lipinski definition) is 6. The second-order valence-electron chi connectivity index (χ2n) is 8.22. The maximum Gasteiger partial charge on any atom is 0.422 e. The Labute approximate surface area is 190 Å². The highest BCUT2D eigenvalue weighted by Crippen LogP contribution is 2.31. The van der Waals surface area contributed by atoms with Gasteiger partial charge in [-0.25, -0.2) is 9.97 Å². The van der Waals surface area contributed by atoms with Gasteiger partial charge in [-0.1, -0.05) is 0 Å². The number of rotatable bonds is 3. The molecule has 1 amide bonds. The molecule has 5 rings (SSSR count). The number of aryl methyl sites for hydroxylation is 1. The Bertz CT molecular complexity index is 1510. The zero-order chi connectivity index (χ0) is 24.2. The number of carbonyl (C=O) groups is 1. The number of nitrogens with zero attached hydrogens (tertiary/aromatic N) is 5. The zero-order valence-corrected chi connectivity index (χ0v) is 18.3. The molecule has 0 saturated carbocycles. The number of fused-ring (bicyclic) bond motifs is 4. The molecule has 4 aromatic heterocycles. The smallest absolute Gasteiger partial charge is 0.354 e. The van der Waals surface area contributed by atoms with Crippen molar-refractivity contribution in [3.8, 4) is 0 Å². The Balaban J connectivity index is 1.41. The minimum atomic E-state index is -4.75. The Kier molecular flexibility index (Phi) is 5.12. The van der Waals surface area contributed by atoms with Crippen molar-refractivity contribution < 1.29 is 18.0 Å². The van der Waals surface area contributed by atoms with Crippen molar-refractivity contribution in [3.05, 3.63) is 63.1 Å². The lowest BCUT2D eigenvalue weighted by Crippen LogP contribution is -2.33. The van der Waals surface area contributed by atoms with E-state index in [1.807, 2.05) is 0 Å². The first-order valence-electron chi connectivity index (χ1n) is 10.5. The van der Waals surface area contributed by atoms with Gasteiger partial charge in [-0.2, -0.15) is 13.2 Å². The number of carbonyl (C=O) groups excluding carboxylic acids is 1. The Hall–Kier alpha value is -3.80. The predicted molar refractivity (Wildman–Crippen MR) is 117 cm³/mol. The van der Waals surface area contributed by atoms with Crippen LogP contribution in [0.1, 0.15) is 33.0 Å². The average molecular weight is 471 g/mol. The second-order valence-corrected chi connectivity index (χ2v) is 8.22. The van der Waals surface area contributed by atoms with Crippen LogP contribution in [0, 0.1) is 6.92 Å². The van der Waals surface area contributed by atoms with E-state index >= 15 is 0 Å². The Morgan fingerprint density at radius 2 is 2.00 bits per heavy atom. The maximum atomic E-state index is 13.2. The van der Waals surface area contributed by atoms with Crippen LogP contribution >= 0.6 is 0 Å². The summed E-state index contributed by atoms with van der Waals surface area (Å²) in [6.07, 6.45) is -1.57. The van der Waals surface area contributed by atoms with Gasteiger partial charge in [0.05, 0.1) is 34.8 Å². The second kappa shape index (κ2) is 7.90. The molecule has 0 spiro atoms. The topological polar surface area (TPSA) is 109 Å². The number of hydrogen-bond donors (Lipinski definition) is 2. The molecule has 1 aliphatic heterocycles. The molecule has 0 bridgehead atoms. The number of halogens is 3. The van der Waals surface area contributed by atoms with E-state index in [-0.39, 0.29) is 22.5 Å². The van der Waals surface area contributed by atoms with Crippen molar-refractivity contribution in [3.63, 3.8) is 0 Å². The van der Waals surface area contributed by atoms with Gasteiger partial charge >= 0.3 is 6.18 Å². The van der Waals surface area contributed by atoms with Gasteiger partial charge < -0.3 is 14.9 Å². The molecule has 0 unspecified atom stereocenters. The lowest BCUT2D eigenvalue weighted by Gasteiger charge is -2.27. The molecular weight excluding hydrogens is 451 g/mol. The van der Waals surface area contributed by atoms with Crippen molar-refractivity contribution in [2.45, 2.75) is 32.7 Å². The summed E-state index contributed by atoms with van der Waals surface area (Å²) in [7, 11) is 1.54. The van der Waals surface area contributed by atoms with Gasteiger partial charge in [0.2, 0.25) is 0 Å². The highest BCUT2D eigenvalue weighted by molar-refractivity contribution is 5.95. The molecule has 0 aliphatic carbocycles. The number of H-pyrrole nitrogens is 1. The highest BCUT2D eigenvalue weighted by Gasteiger charge is 2.37. The summed E-state index contributed by atoms with van der Waals surface area (Å²) in [6.45, 7) is 3.64. The number of pyridine rings is 3. The van der Waals surface area contributed by atoms with E-state index in [4.69, 9.17) is 0 Å². The number of nitrogens with one attached hydrogen (secondary N) is 2. The SMILES string of the molecule is CNC(=O)c1cc2nc3n(c2cn1)CCN(Cc1cnc2c(C)c(C(F)(F)F)c(=O)[nH]c2c1)C3. The van der Waals surface area contributed by atoms with Gasteiger partial charge in [-0.15, -0.1) is 0 Å². The van der Waals surface area contributed by atoms with Crippen LogP contribution in [0.2, 0.25) is 0 Å². The Morgan fingerprint density at radius 3 is 2.74 bits per heavy atom. The molecule has 0 aromatic carbocycles. The van der Waals surface area contributed by atoms with Crippen molar-refractivity contribution in [2.24, 2.45) is 0 Å². The normalized spacial score (nSPS) is 14.5. The molecule has 0 fully saturated rings. The molecule has 4 aromatic rings. The van der Waals surface area contributed by atoms with Crippen molar-refractivity contribution in [1.29, 1.82) is 0 Å². The minimum absolute atomic E-state index is 0.121. The van der Waals surface area contributed by atoms with E-state index in [0.29, 0.717) is 37.4 Å². The van der Waals surface area contributed by atoms with E-state index < -0.39 is 17.3 Å². The minimum Gasteiger partial charge on any atom is -0.354 e. The molecule has 0 saturated heterocycles. The van der Waals surface area contributed by atoms with Crippen LogP contribution in [0.5, 0.6) is 0 Å². The first-order chi connectivity index (χ1) is 16.2. The quantitative estimate of drug-likeness (QED) is 0.475. The number of amides is 1. The van der Waals surface area contributed by atoms with Crippen LogP contribution in [0.3, 0.4) is 0 Å². The van der Waals surface area contributed by atoms with E-state index in [9.17, 15) is 22.8 Å². The summed E-state index contributed by atoms with van der Waals surface area (Å²) in [5, 5.41) is 2.54. The lowest BCUT2D eigenvalue weighted by atomic mass is 10.1. The first-order valence-corrected chi connectivity index (χ1v) is 10.5. The molecule has 34 heavy (non-hydrogen) atoms. The first kappa shape index (κ1) is 22.0. The third-order valence-corrected chi connectivity index (χ3v) is 6.02. The summed E-state index contributed by atoms with van der Waals surface area (Å²) in [5.41, 5.74) is 0.402. The standard InChI is InChI=1S/C22H20F3N7O2/c1-11-18(22(23,24)25)21(34)30-14-5-12(7-28-19(11)14)9-31-3-4-32-16-8-27-15(20(33)26-2)6-13(16)29-17(32)10-31/h5-8H,3-4,9-10H2,1-2H3,(H,26,33)(H,30,34). The van der Waals surface area contributed by atoms with Crippen molar-refractivity contribution in [1.82, 2.24) is 34.7 Å². The van der Waals surface area contributed by atoms with Crippen LogP contribution in [-0.4, -0.2) is 48.9 Å². The fraction of sp³-hybridized carbons (Fsp3) is 0.318. The van der Waals surface area contributed by atoms with Crippen LogP contribution in [0.15, 0.2) is 29.3 Å². The molecule has 5 heterocycles. The molecule has 2 N–H and O–H groups in total. The monoisotopic (exact) mass is 471 g/mol. The van der Waals surface area contributed by atoms with E-state index in [1.165, 1.54) is 20.2 Å². The van der Waals surface area contributed by atoms with Crippen molar-refractivity contribution >= 4 is 28.0 Å². The number of aromatic nitrogens is 5. The Morgan fingerprint density at radius 1 is 1.21 bits per heavy atom. The zero-order valence-electron chi connectivity index (χ0n) is 18.3. The van der Waals surface area contributed by atoms with Gasteiger partial charge in [0.25, 0.3) is 11.5 Å². The molecule has 0 atom stereocenters. The summed E-state index contributed by atoms with van der Waals surface area (Å²) < 4.78 is 41.7. The molecule has 12 heteroatoms. The van der Waals surface area contributed by atoms with Gasteiger partial charge in [-0.3, -0.25) is 19.5 Å². The van der Waals surface area contributed by atoms with E-state index in [0.717, 1.165) is 16.9 Å². The molecule has 0 radical (unpaired) electrons. The maximum absolute atomic E-state index is 13.2. The third kappa shape index (κ3) is 3.69. The van der Waals surface area contributed by atoms with Crippen LogP contribution in [0.4, 0.5) is 13.2 Å². The van der Waals surface area contributed by atoms with Crippen LogP contribution < -0.4 is 10.9 Å². The summed E-state index contributed by atoms with van der Waals surface area (Å²) in [4.78, 5) is 41.5. The fourth-order valence-corrected chi connectivity index (χ4v) is 4.41. The fourth-order valence-electron chi connectivity index (χ4n) is 4.41. The van der Waals surface area contributed by atoms with Gasteiger partial charge in [0.15, 0.2) is 0 Å². The molecular formula is C22H20F3N7O2. The van der Waals surface area contributed by atoms with Crippen molar-refractivity contribution in [2.75, 3.05) is 13.6 Å². The average Bonchev–Trinajstić information content (AvgIpc) is 3.14. The molecule has 176 valence electrons. The molecule has 9 nitrogen and oxygen atoms in total. The van der Waals surface area contributed by atoms with Gasteiger partial charge in [0, 0.05) is 32.9 Å². The number of imidazole rings is 1. The van der Waals surface area contributed by atoms with E-state index in [2.05, 4.69) is 34.7 Å². The number of alkyl halides is 3. The van der Waals surface area contributed by atoms with Gasteiger partial charge in [-0.05, 0) is 30.2 Å². The largest absolute Gasteiger partial charge is 0.422 e. The summed E-state index contributed by atoms with van der Waals surface area (Å²) in [5.74, 6) is 0.541. The van der Waals surface area contributed by atoms with E-state index in [1.54, 1.807) is 18.3 Å². The lowest BCUT2D eigenvalue weighted by molar-refractivity contribution is -0.139. The summed E-state index contributed by atoms with van der Waals surface area (Å²) in [6, 6.07) is 3.32. The predicted octanol–water partition coefficient (Wildman–Crippen LogP) is 2.37. The summed E-state index contributed by atoms with van der Waals surface area (Å²) >= 11 is 0. The highest BCUT2D eigenvalue weighted by atomic mass is 19.4. The number of aromatic amines is 1. The van der Waals surface area contributed by atoms with Gasteiger partial charge in [0.1, 0.15) is 17.1 Å². The van der Waals surface area contributed by atoms with Crippen LogP contribution in [0.25, 0.3) is 22.1 Å².